The van der Waals surface area contributed by atoms with Gasteiger partial charge in [0, 0.05) is 18.9 Å². The molecule has 1 N–H and O–H groups in total. The first-order valence-corrected chi connectivity index (χ1v) is 7.81. The van der Waals surface area contributed by atoms with E-state index in [2.05, 4.69) is 5.32 Å². The van der Waals surface area contributed by atoms with Crippen LogP contribution in [-0.4, -0.2) is 37.7 Å². The van der Waals surface area contributed by atoms with Crippen molar-refractivity contribution in [1.82, 2.24) is 5.32 Å². The molecule has 1 heterocycles. The summed E-state index contributed by atoms with van der Waals surface area (Å²) in [7, 11) is -3.01. The van der Waals surface area contributed by atoms with Crippen molar-refractivity contribution in [1.29, 1.82) is 0 Å². The minimum Gasteiger partial charge on any atom is -0.353 e. The summed E-state index contributed by atoms with van der Waals surface area (Å²) in [6, 6.07) is 0.0449. The Kier molecular flexibility index (Phi) is 3.51. The Balaban J connectivity index is 1.84. The largest absolute Gasteiger partial charge is 0.353 e. The molecule has 2 aliphatic rings. The highest BCUT2D eigenvalue weighted by Gasteiger charge is 2.34. The number of hydrogen-bond acceptors (Lipinski definition) is 4. The SMILES string of the molecule is O=C1CCC(NC(=O)C2CCS(=O)(=O)C2)CC1. The average molecular weight is 259 g/mol. The third-order valence-electron chi connectivity index (χ3n) is 3.49. The van der Waals surface area contributed by atoms with Gasteiger partial charge in [0.15, 0.2) is 9.84 Å². The van der Waals surface area contributed by atoms with Crippen LogP contribution in [0.2, 0.25) is 0 Å². The van der Waals surface area contributed by atoms with E-state index in [0.29, 0.717) is 32.1 Å². The van der Waals surface area contributed by atoms with E-state index in [9.17, 15) is 18.0 Å². The maximum absolute atomic E-state index is 11.8. The van der Waals surface area contributed by atoms with Crippen molar-refractivity contribution < 1.29 is 18.0 Å². The molecule has 0 aromatic heterocycles. The zero-order chi connectivity index (χ0) is 12.5. The van der Waals surface area contributed by atoms with Crippen molar-refractivity contribution >= 4 is 21.5 Å². The van der Waals surface area contributed by atoms with Crippen LogP contribution in [0.3, 0.4) is 0 Å². The molecule has 1 aliphatic carbocycles. The molecule has 2 rings (SSSR count). The van der Waals surface area contributed by atoms with Crippen LogP contribution >= 0.6 is 0 Å². The first-order valence-electron chi connectivity index (χ1n) is 5.99. The van der Waals surface area contributed by atoms with Gasteiger partial charge in [0.25, 0.3) is 0 Å². The number of carbonyl (C=O) groups is 2. The van der Waals surface area contributed by atoms with Crippen molar-refractivity contribution in [3.8, 4) is 0 Å². The molecule has 1 saturated carbocycles. The molecule has 1 unspecified atom stereocenters. The first kappa shape index (κ1) is 12.5. The summed E-state index contributed by atoms with van der Waals surface area (Å²) < 4.78 is 22.5. The number of sulfone groups is 1. The van der Waals surface area contributed by atoms with E-state index in [0.717, 1.165) is 0 Å². The Morgan fingerprint density at radius 1 is 1.18 bits per heavy atom. The second-order valence-electron chi connectivity index (χ2n) is 4.92. The van der Waals surface area contributed by atoms with E-state index < -0.39 is 15.8 Å². The van der Waals surface area contributed by atoms with E-state index in [1.807, 2.05) is 0 Å². The van der Waals surface area contributed by atoms with Gasteiger partial charge in [-0.25, -0.2) is 8.42 Å². The van der Waals surface area contributed by atoms with Gasteiger partial charge in [-0.2, -0.15) is 0 Å². The summed E-state index contributed by atoms with van der Waals surface area (Å²) in [5.74, 6) is -0.208. The van der Waals surface area contributed by atoms with Gasteiger partial charge in [0.1, 0.15) is 5.78 Å². The second-order valence-corrected chi connectivity index (χ2v) is 7.15. The molecule has 1 amide bonds. The fourth-order valence-electron chi connectivity index (χ4n) is 2.40. The topological polar surface area (TPSA) is 80.3 Å². The van der Waals surface area contributed by atoms with Gasteiger partial charge in [-0.15, -0.1) is 0 Å². The lowest BCUT2D eigenvalue weighted by atomic mass is 9.94. The third kappa shape index (κ3) is 3.28. The van der Waals surface area contributed by atoms with Gasteiger partial charge in [0.05, 0.1) is 17.4 Å². The predicted octanol–water partition coefficient (Wildman–Crippen LogP) is 0.0490. The minimum absolute atomic E-state index is 0.0233. The quantitative estimate of drug-likeness (QED) is 0.759. The lowest BCUT2D eigenvalue weighted by Gasteiger charge is -2.23. The van der Waals surface area contributed by atoms with Crippen molar-refractivity contribution in [3.05, 3.63) is 0 Å². The number of hydrogen-bond donors (Lipinski definition) is 1. The van der Waals surface area contributed by atoms with Crippen LogP contribution in [0.15, 0.2) is 0 Å². The van der Waals surface area contributed by atoms with Crippen LogP contribution in [0.1, 0.15) is 32.1 Å². The summed E-state index contributed by atoms with van der Waals surface area (Å²) in [4.78, 5) is 22.9. The first-order chi connectivity index (χ1) is 7.96. The van der Waals surface area contributed by atoms with Gasteiger partial charge in [0.2, 0.25) is 5.91 Å². The van der Waals surface area contributed by atoms with Gasteiger partial charge in [-0.05, 0) is 19.3 Å². The number of Topliss-reactive ketones (excluding diaryl/α,β-unsaturated/α-hetero) is 1. The van der Waals surface area contributed by atoms with E-state index in [1.165, 1.54) is 0 Å². The average Bonchev–Trinajstić information content (AvgIpc) is 2.62. The highest BCUT2D eigenvalue weighted by molar-refractivity contribution is 7.91. The summed E-state index contributed by atoms with van der Waals surface area (Å²) in [6.07, 6.45) is 2.84. The molecular weight excluding hydrogens is 242 g/mol. The van der Waals surface area contributed by atoms with E-state index in [-0.39, 0.29) is 29.2 Å². The van der Waals surface area contributed by atoms with E-state index >= 15 is 0 Å². The molecule has 1 atom stereocenters. The molecule has 1 aliphatic heterocycles. The molecule has 0 spiro atoms. The Morgan fingerprint density at radius 3 is 2.35 bits per heavy atom. The molecule has 0 aromatic rings. The summed E-state index contributed by atoms with van der Waals surface area (Å²) in [5, 5.41) is 2.86. The summed E-state index contributed by atoms with van der Waals surface area (Å²) in [5.41, 5.74) is 0. The minimum atomic E-state index is -3.01. The Labute approximate surface area is 101 Å². The second kappa shape index (κ2) is 4.76. The monoisotopic (exact) mass is 259 g/mol. The molecule has 17 heavy (non-hydrogen) atoms. The predicted molar refractivity (Wildman–Crippen MR) is 62.2 cm³/mol. The fraction of sp³-hybridized carbons (Fsp3) is 0.818. The summed E-state index contributed by atoms with van der Waals surface area (Å²) >= 11 is 0. The van der Waals surface area contributed by atoms with Gasteiger partial charge >= 0.3 is 0 Å². The van der Waals surface area contributed by atoms with Crippen molar-refractivity contribution in [3.63, 3.8) is 0 Å². The highest BCUT2D eigenvalue weighted by Crippen LogP contribution is 2.20. The lowest BCUT2D eigenvalue weighted by molar-refractivity contribution is -0.127. The Bertz CT molecular complexity index is 419. The van der Waals surface area contributed by atoms with Crippen LogP contribution in [0, 0.1) is 5.92 Å². The maximum Gasteiger partial charge on any atom is 0.224 e. The molecule has 0 aromatic carbocycles. The molecule has 1 saturated heterocycles. The molecular formula is C11H17NO4S. The highest BCUT2D eigenvalue weighted by atomic mass is 32.2. The fourth-order valence-corrected chi connectivity index (χ4v) is 4.15. The normalized spacial score (nSPS) is 29.2. The Hall–Kier alpha value is -0.910. The van der Waals surface area contributed by atoms with E-state index in [4.69, 9.17) is 0 Å². The molecule has 96 valence electrons. The van der Waals surface area contributed by atoms with Crippen LogP contribution in [0.4, 0.5) is 0 Å². The van der Waals surface area contributed by atoms with Crippen molar-refractivity contribution in [2.24, 2.45) is 5.92 Å². The zero-order valence-corrected chi connectivity index (χ0v) is 10.5. The molecule has 2 fully saturated rings. The van der Waals surface area contributed by atoms with Gasteiger partial charge in [-0.1, -0.05) is 0 Å². The lowest BCUT2D eigenvalue weighted by Crippen LogP contribution is -2.41. The molecule has 6 heteroatoms. The van der Waals surface area contributed by atoms with Crippen molar-refractivity contribution in [2.75, 3.05) is 11.5 Å². The third-order valence-corrected chi connectivity index (χ3v) is 5.26. The smallest absolute Gasteiger partial charge is 0.224 e. The standard InChI is InChI=1S/C11H17NO4S/c13-10-3-1-9(2-4-10)12-11(14)8-5-6-17(15,16)7-8/h8-9H,1-7H2,(H,12,14). The molecule has 0 radical (unpaired) electrons. The van der Waals surface area contributed by atoms with Crippen molar-refractivity contribution in [2.45, 2.75) is 38.1 Å². The van der Waals surface area contributed by atoms with Crippen LogP contribution in [0.25, 0.3) is 0 Å². The number of amides is 1. The zero-order valence-electron chi connectivity index (χ0n) is 9.65. The van der Waals surface area contributed by atoms with Gasteiger partial charge in [-0.3, -0.25) is 9.59 Å². The number of carbonyl (C=O) groups excluding carboxylic acids is 2. The van der Waals surface area contributed by atoms with Crippen LogP contribution < -0.4 is 5.32 Å². The van der Waals surface area contributed by atoms with Crippen LogP contribution in [-0.2, 0) is 19.4 Å². The maximum atomic E-state index is 11.8. The number of rotatable bonds is 2. The molecule has 5 nitrogen and oxygen atoms in total. The Morgan fingerprint density at radius 2 is 1.82 bits per heavy atom. The van der Waals surface area contributed by atoms with Gasteiger partial charge < -0.3 is 5.32 Å². The number of ketones is 1. The van der Waals surface area contributed by atoms with Crippen LogP contribution in [0.5, 0.6) is 0 Å². The molecule has 0 bridgehead atoms. The summed E-state index contributed by atoms with van der Waals surface area (Å²) in [6.45, 7) is 0. The van der Waals surface area contributed by atoms with E-state index in [1.54, 1.807) is 0 Å². The number of nitrogens with one attached hydrogen (secondary N) is 1.